The Morgan fingerprint density at radius 2 is 1.94 bits per heavy atom. The number of halogens is 1. The van der Waals surface area contributed by atoms with Crippen molar-refractivity contribution in [3.05, 3.63) is 70.9 Å². The van der Waals surface area contributed by atoms with Gasteiger partial charge in [-0.1, -0.05) is 43.6 Å². The molecule has 1 aromatic heterocycles. The highest BCUT2D eigenvalue weighted by molar-refractivity contribution is 6.30. The van der Waals surface area contributed by atoms with E-state index < -0.39 is 0 Å². The topological polar surface area (TPSA) is 56.6 Å². The van der Waals surface area contributed by atoms with Crippen LogP contribution in [-0.2, 0) is 16.1 Å². The summed E-state index contributed by atoms with van der Waals surface area (Å²) in [7, 11) is 0. The van der Waals surface area contributed by atoms with Gasteiger partial charge in [0.15, 0.2) is 0 Å². The van der Waals surface area contributed by atoms with Gasteiger partial charge in [0.25, 0.3) is 0 Å². The number of amides is 1. The summed E-state index contributed by atoms with van der Waals surface area (Å²) in [5.41, 5.74) is 2.52. The van der Waals surface area contributed by atoms with Crippen LogP contribution in [-0.4, -0.2) is 39.8 Å². The molecule has 7 heteroatoms. The van der Waals surface area contributed by atoms with Crippen molar-refractivity contribution >= 4 is 17.5 Å². The highest BCUT2D eigenvalue weighted by Crippen LogP contribution is 2.32. The summed E-state index contributed by atoms with van der Waals surface area (Å²) in [4.78, 5) is 15.0. The quantitative estimate of drug-likeness (QED) is 0.420. The lowest BCUT2D eigenvalue weighted by Crippen LogP contribution is -2.39. The van der Waals surface area contributed by atoms with E-state index in [1.807, 2.05) is 80.3 Å². The number of para-hydroxylation sites is 1. The summed E-state index contributed by atoms with van der Waals surface area (Å²) in [5.74, 6) is 1.27. The summed E-state index contributed by atoms with van der Waals surface area (Å²) in [6.45, 7) is 7.52. The molecular weight excluding hydrogens is 438 g/mol. The molecule has 0 bridgehead atoms. The number of aryl methyl sites for hydroxylation is 1. The van der Waals surface area contributed by atoms with E-state index in [1.165, 1.54) is 0 Å². The molecule has 0 aliphatic carbocycles. The van der Waals surface area contributed by atoms with Gasteiger partial charge in [-0.05, 0) is 56.2 Å². The van der Waals surface area contributed by atoms with Gasteiger partial charge in [0.05, 0.1) is 29.6 Å². The third kappa shape index (κ3) is 5.57. The molecule has 1 saturated heterocycles. The number of benzene rings is 2. The van der Waals surface area contributed by atoms with Crippen LogP contribution in [0, 0.1) is 12.8 Å². The van der Waals surface area contributed by atoms with Crippen LogP contribution in [0.3, 0.4) is 0 Å². The van der Waals surface area contributed by atoms with Crippen molar-refractivity contribution in [3.8, 4) is 17.3 Å². The van der Waals surface area contributed by atoms with Gasteiger partial charge in [0.1, 0.15) is 5.75 Å². The Bertz CT molecular complexity index is 1070. The Labute approximate surface area is 200 Å². The molecular formula is C26H30ClN3O3. The summed E-state index contributed by atoms with van der Waals surface area (Å²) in [6, 6.07) is 17.1. The fraction of sp³-hybridized carbons (Fsp3) is 0.385. The zero-order chi connectivity index (χ0) is 23.4. The standard InChI is InChI=1S/C26H30ClN3O3/c1-18(2)25(31)29(16-23-10-7-15-32-23)17-24-19(3)28-30(21-13-11-20(27)12-14-21)26(24)33-22-8-5-4-6-9-22/h4-6,8-9,11-14,18,23H,7,10,15-17H2,1-3H3/t23-/m0/s1. The van der Waals surface area contributed by atoms with Crippen molar-refractivity contribution in [1.82, 2.24) is 14.7 Å². The second-order valence-corrected chi connectivity index (χ2v) is 9.12. The lowest BCUT2D eigenvalue weighted by Gasteiger charge is -2.27. The van der Waals surface area contributed by atoms with E-state index in [0.717, 1.165) is 36.4 Å². The van der Waals surface area contributed by atoms with E-state index in [0.29, 0.717) is 29.7 Å². The van der Waals surface area contributed by atoms with Crippen LogP contribution in [0.2, 0.25) is 5.02 Å². The van der Waals surface area contributed by atoms with Gasteiger partial charge in [0, 0.05) is 24.1 Å². The number of carbonyl (C=O) groups excluding carboxylic acids is 1. The van der Waals surface area contributed by atoms with Gasteiger partial charge >= 0.3 is 0 Å². The van der Waals surface area contributed by atoms with Gasteiger partial charge in [0.2, 0.25) is 11.8 Å². The minimum atomic E-state index is -0.114. The van der Waals surface area contributed by atoms with E-state index in [2.05, 4.69) is 0 Å². The predicted octanol–water partition coefficient (Wildman–Crippen LogP) is 5.79. The summed E-state index contributed by atoms with van der Waals surface area (Å²) in [5, 5.41) is 5.43. The number of rotatable bonds is 8. The molecule has 33 heavy (non-hydrogen) atoms. The fourth-order valence-electron chi connectivity index (χ4n) is 4.01. The first kappa shape index (κ1) is 23.3. The van der Waals surface area contributed by atoms with E-state index >= 15 is 0 Å². The van der Waals surface area contributed by atoms with Crippen molar-refractivity contribution in [1.29, 1.82) is 0 Å². The monoisotopic (exact) mass is 467 g/mol. The molecule has 1 aliphatic rings. The minimum Gasteiger partial charge on any atom is -0.439 e. The smallest absolute Gasteiger partial charge is 0.227 e. The molecule has 2 heterocycles. The first-order valence-electron chi connectivity index (χ1n) is 11.4. The van der Waals surface area contributed by atoms with Crippen LogP contribution in [0.1, 0.15) is 37.9 Å². The Morgan fingerprint density at radius 1 is 1.21 bits per heavy atom. The average Bonchev–Trinajstić information content (AvgIpc) is 3.43. The number of hydrogen-bond acceptors (Lipinski definition) is 4. The van der Waals surface area contributed by atoms with E-state index in [1.54, 1.807) is 4.68 Å². The SMILES string of the molecule is Cc1nn(-c2ccc(Cl)cc2)c(Oc2ccccc2)c1CN(C[C@@H]1CCCO1)C(=O)C(C)C. The molecule has 3 aromatic rings. The number of aromatic nitrogens is 2. The maximum atomic E-state index is 13.1. The molecule has 1 fully saturated rings. The first-order chi connectivity index (χ1) is 15.9. The molecule has 2 aromatic carbocycles. The molecule has 0 unspecified atom stereocenters. The Kier molecular flexibility index (Phi) is 7.36. The number of hydrogen-bond donors (Lipinski definition) is 0. The van der Waals surface area contributed by atoms with Crippen LogP contribution in [0.4, 0.5) is 0 Å². The number of nitrogens with zero attached hydrogens (tertiary/aromatic N) is 3. The van der Waals surface area contributed by atoms with Crippen molar-refractivity contribution in [2.75, 3.05) is 13.2 Å². The van der Waals surface area contributed by atoms with Crippen LogP contribution < -0.4 is 4.74 Å². The Balaban J connectivity index is 1.73. The van der Waals surface area contributed by atoms with Crippen molar-refractivity contribution in [2.45, 2.75) is 46.3 Å². The van der Waals surface area contributed by atoms with Crippen LogP contribution in [0.15, 0.2) is 54.6 Å². The van der Waals surface area contributed by atoms with E-state index in [-0.39, 0.29) is 17.9 Å². The third-order valence-corrected chi connectivity index (χ3v) is 6.02. The highest BCUT2D eigenvalue weighted by atomic mass is 35.5. The minimum absolute atomic E-state index is 0.0674. The molecule has 0 N–H and O–H groups in total. The van der Waals surface area contributed by atoms with Crippen LogP contribution >= 0.6 is 11.6 Å². The van der Waals surface area contributed by atoms with Crippen LogP contribution in [0.25, 0.3) is 5.69 Å². The van der Waals surface area contributed by atoms with E-state index in [9.17, 15) is 4.79 Å². The van der Waals surface area contributed by atoms with Crippen molar-refractivity contribution in [2.24, 2.45) is 5.92 Å². The molecule has 0 spiro atoms. The number of ether oxygens (including phenoxy) is 2. The molecule has 0 saturated carbocycles. The van der Waals surface area contributed by atoms with Gasteiger partial charge in [-0.25, -0.2) is 4.68 Å². The molecule has 1 amide bonds. The summed E-state index contributed by atoms with van der Waals surface area (Å²) < 4.78 is 14.0. The van der Waals surface area contributed by atoms with Gasteiger partial charge in [-0.2, -0.15) is 5.10 Å². The zero-order valence-corrected chi connectivity index (χ0v) is 20.1. The molecule has 174 valence electrons. The molecule has 1 aliphatic heterocycles. The first-order valence-corrected chi connectivity index (χ1v) is 11.8. The lowest BCUT2D eigenvalue weighted by molar-refractivity contribution is -0.136. The Morgan fingerprint density at radius 3 is 2.58 bits per heavy atom. The largest absolute Gasteiger partial charge is 0.439 e. The molecule has 0 radical (unpaired) electrons. The molecule has 6 nitrogen and oxygen atoms in total. The Hall–Kier alpha value is -2.83. The number of carbonyl (C=O) groups is 1. The van der Waals surface area contributed by atoms with Gasteiger partial charge in [-0.3, -0.25) is 4.79 Å². The highest BCUT2D eigenvalue weighted by Gasteiger charge is 2.28. The molecule has 1 atom stereocenters. The maximum absolute atomic E-state index is 13.1. The van der Waals surface area contributed by atoms with Gasteiger partial charge in [-0.15, -0.1) is 0 Å². The normalized spacial score (nSPS) is 15.7. The maximum Gasteiger partial charge on any atom is 0.227 e. The predicted molar refractivity (Wildman–Crippen MR) is 129 cm³/mol. The van der Waals surface area contributed by atoms with Crippen LogP contribution in [0.5, 0.6) is 11.6 Å². The van der Waals surface area contributed by atoms with Crippen molar-refractivity contribution in [3.63, 3.8) is 0 Å². The third-order valence-electron chi connectivity index (χ3n) is 5.77. The molecule has 4 rings (SSSR count). The fourth-order valence-corrected chi connectivity index (χ4v) is 4.13. The zero-order valence-electron chi connectivity index (χ0n) is 19.3. The van der Waals surface area contributed by atoms with E-state index in [4.69, 9.17) is 26.2 Å². The van der Waals surface area contributed by atoms with Gasteiger partial charge < -0.3 is 14.4 Å². The summed E-state index contributed by atoms with van der Waals surface area (Å²) >= 11 is 6.10. The average molecular weight is 468 g/mol. The second kappa shape index (κ2) is 10.4. The second-order valence-electron chi connectivity index (χ2n) is 8.68. The lowest BCUT2D eigenvalue weighted by atomic mass is 10.1. The summed E-state index contributed by atoms with van der Waals surface area (Å²) in [6.07, 6.45) is 2.07. The van der Waals surface area contributed by atoms with Crippen molar-refractivity contribution < 1.29 is 14.3 Å².